The Morgan fingerprint density at radius 1 is 1.10 bits per heavy atom. The summed E-state index contributed by atoms with van der Waals surface area (Å²) in [5, 5.41) is 3.35. The standard InChI is InChI=1S/C14H21N3O2S/c18-20(19)10-5-13(11-16-20)12-1-3-14(4-2-12)17-8-6-15-7-9-17/h1-4,13,15-16H,5-11H2. The number of nitrogens with one attached hydrogen (secondary N) is 2. The van der Waals surface area contributed by atoms with E-state index in [1.165, 1.54) is 11.3 Å². The fourth-order valence-electron chi connectivity index (χ4n) is 2.86. The highest BCUT2D eigenvalue weighted by Crippen LogP contribution is 2.25. The molecule has 2 aliphatic heterocycles. The maximum atomic E-state index is 11.4. The van der Waals surface area contributed by atoms with Gasteiger partial charge in [-0.2, -0.15) is 0 Å². The summed E-state index contributed by atoms with van der Waals surface area (Å²) in [4.78, 5) is 2.38. The number of hydrogen-bond donors (Lipinski definition) is 2. The summed E-state index contributed by atoms with van der Waals surface area (Å²) in [5.41, 5.74) is 2.48. The van der Waals surface area contributed by atoms with Crippen molar-refractivity contribution in [3.63, 3.8) is 0 Å². The highest BCUT2D eigenvalue weighted by atomic mass is 32.2. The fourth-order valence-corrected chi connectivity index (χ4v) is 4.06. The lowest BCUT2D eigenvalue weighted by atomic mass is 9.96. The average Bonchev–Trinajstić information content (AvgIpc) is 2.48. The van der Waals surface area contributed by atoms with Gasteiger partial charge in [0.25, 0.3) is 0 Å². The lowest BCUT2D eigenvalue weighted by Gasteiger charge is -2.30. The highest BCUT2D eigenvalue weighted by Gasteiger charge is 2.24. The second kappa shape index (κ2) is 5.71. The second-order valence-electron chi connectivity index (χ2n) is 5.48. The van der Waals surface area contributed by atoms with Gasteiger partial charge in [-0.05, 0) is 30.0 Å². The van der Waals surface area contributed by atoms with E-state index in [9.17, 15) is 8.42 Å². The molecule has 1 unspecified atom stereocenters. The predicted molar refractivity (Wildman–Crippen MR) is 80.7 cm³/mol. The molecule has 0 amide bonds. The number of piperazine rings is 1. The molecule has 0 saturated carbocycles. The van der Waals surface area contributed by atoms with Crippen LogP contribution in [-0.4, -0.2) is 46.9 Å². The summed E-state index contributed by atoms with van der Waals surface area (Å²) >= 11 is 0. The van der Waals surface area contributed by atoms with Crippen LogP contribution in [0.15, 0.2) is 24.3 Å². The van der Waals surface area contributed by atoms with Crippen molar-refractivity contribution >= 4 is 15.7 Å². The SMILES string of the molecule is O=S1(=O)CCC(c2ccc(N3CCNCC3)cc2)CN1. The minimum Gasteiger partial charge on any atom is -0.369 e. The predicted octanol–water partition coefficient (Wildman–Crippen LogP) is 0.503. The molecule has 20 heavy (non-hydrogen) atoms. The molecule has 2 aliphatic rings. The zero-order chi connectivity index (χ0) is 14.0. The molecule has 2 N–H and O–H groups in total. The highest BCUT2D eigenvalue weighted by molar-refractivity contribution is 7.89. The van der Waals surface area contributed by atoms with E-state index in [1.54, 1.807) is 0 Å². The lowest BCUT2D eigenvalue weighted by Crippen LogP contribution is -2.43. The molecule has 2 saturated heterocycles. The number of nitrogens with zero attached hydrogens (tertiary/aromatic N) is 1. The topological polar surface area (TPSA) is 61.4 Å². The Balaban J connectivity index is 1.67. The Bertz CT molecular complexity index is 536. The van der Waals surface area contributed by atoms with Gasteiger partial charge in [0.2, 0.25) is 10.0 Å². The van der Waals surface area contributed by atoms with Crippen LogP contribution >= 0.6 is 0 Å². The Morgan fingerprint density at radius 2 is 1.80 bits per heavy atom. The first-order valence-electron chi connectivity index (χ1n) is 7.17. The summed E-state index contributed by atoms with van der Waals surface area (Å²) in [7, 11) is -3.01. The van der Waals surface area contributed by atoms with Gasteiger partial charge in [0.15, 0.2) is 0 Å². The van der Waals surface area contributed by atoms with Gasteiger partial charge in [0.05, 0.1) is 5.75 Å². The van der Waals surface area contributed by atoms with E-state index in [4.69, 9.17) is 0 Å². The molecule has 1 aromatic rings. The summed E-state index contributed by atoms with van der Waals surface area (Å²) in [6.07, 6.45) is 0.711. The van der Waals surface area contributed by atoms with Crippen LogP contribution in [0.5, 0.6) is 0 Å². The maximum absolute atomic E-state index is 11.4. The Kier molecular flexibility index (Phi) is 3.96. The molecule has 1 aromatic carbocycles. The van der Waals surface area contributed by atoms with Gasteiger partial charge in [0, 0.05) is 38.4 Å². The maximum Gasteiger partial charge on any atom is 0.211 e. The summed E-state index contributed by atoms with van der Waals surface area (Å²) in [6, 6.07) is 8.59. The third-order valence-corrected chi connectivity index (χ3v) is 5.51. The smallest absolute Gasteiger partial charge is 0.211 e. The van der Waals surface area contributed by atoms with Gasteiger partial charge < -0.3 is 10.2 Å². The quantitative estimate of drug-likeness (QED) is 0.834. The number of anilines is 1. The van der Waals surface area contributed by atoms with Crippen molar-refractivity contribution in [3.05, 3.63) is 29.8 Å². The largest absolute Gasteiger partial charge is 0.369 e. The molecule has 0 aromatic heterocycles. The number of sulfonamides is 1. The van der Waals surface area contributed by atoms with Gasteiger partial charge in [-0.3, -0.25) is 0 Å². The van der Waals surface area contributed by atoms with E-state index in [1.807, 2.05) is 0 Å². The molecule has 1 atom stereocenters. The van der Waals surface area contributed by atoms with Gasteiger partial charge in [0.1, 0.15) is 0 Å². The average molecular weight is 295 g/mol. The van der Waals surface area contributed by atoms with Crippen molar-refractivity contribution in [3.8, 4) is 0 Å². The first-order valence-corrected chi connectivity index (χ1v) is 8.82. The molecule has 5 nitrogen and oxygen atoms in total. The van der Waals surface area contributed by atoms with Crippen LogP contribution in [0, 0.1) is 0 Å². The Hall–Kier alpha value is -1.11. The molecule has 6 heteroatoms. The molecule has 0 aliphatic carbocycles. The summed E-state index contributed by atoms with van der Waals surface area (Å²) in [6.45, 7) is 4.68. The number of rotatable bonds is 2. The zero-order valence-electron chi connectivity index (χ0n) is 11.5. The van der Waals surface area contributed by atoms with Crippen molar-refractivity contribution in [1.82, 2.24) is 10.0 Å². The molecule has 0 radical (unpaired) electrons. The third-order valence-electron chi connectivity index (χ3n) is 4.13. The first-order chi connectivity index (χ1) is 9.64. The van der Waals surface area contributed by atoms with Crippen molar-refractivity contribution in [1.29, 1.82) is 0 Å². The minimum atomic E-state index is -3.01. The summed E-state index contributed by atoms with van der Waals surface area (Å²) in [5.74, 6) is 0.535. The van der Waals surface area contributed by atoms with Crippen LogP contribution in [0.2, 0.25) is 0 Å². The Labute approximate surface area is 120 Å². The van der Waals surface area contributed by atoms with Crippen LogP contribution < -0.4 is 14.9 Å². The van der Waals surface area contributed by atoms with Crippen LogP contribution in [0.3, 0.4) is 0 Å². The fraction of sp³-hybridized carbons (Fsp3) is 0.571. The monoisotopic (exact) mass is 295 g/mol. The molecular formula is C14H21N3O2S. The van der Waals surface area contributed by atoms with E-state index in [0.717, 1.165) is 26.2 Å². The molecule has 0 bridgehead atoms. The lowest BCUT2D eigenvalue weighted by molar-refractivity contribution is 0.536. The number of hydrogen-bond acceptors (Lipinski definition) is 4. The normalized spacial score (nSPS) is 26.4. The molecule has 3 rings (SSSR count). The second-order valence-corrected chi connectivity index (χ2v) is 7.41. The minimum absolute atomic E-state index is 0.233. The van der Waals surface area contributed by atoms with Crippen LogP contribution in [0.1, 0.15) is 17.9 Å². The van der Waals surface area contributed by atoms with Gasteiger partial charge in [-0.15, -0.1) is 0 Å². The van der Waals surface area contributed by atoms with Crippen LogP contribution in [0.25, 0.3) is 0 Å². The first kappa shape index (κ1) is 13.9. The van der Waals surface area contributed by atoms with Crippen molar-refractivity contribution in [2.24, 2.45) is 0 Å². The van der Waals surface area contributed by atoms with Crippen LogP contribution in [0.4, 0.5) is 5.69 Å². The van der Waals surface area contributed by atoms with Gasteiger partial charge in [-0.25, -0.2) is 13.1 Å². The van der Waals surface area contributed by atoms with E-state index >= 15 is 0 Å². The van der Waals surface area contributed by atoms with E-state index in [2.05, 4.69) is 39.2 Å². The molecular weight excluding hydrogens is 274 g/mol. The van der Waals surface area contributed by atoms with Crippen LogP contribution in [-0.2, 0) is 10.0 Å². The van der Waals surface area contributed by atoms with E-state index in [0.29, 0.717) is 18.9 Å². The van der Waals surface area contributed by atoms with Crippen molar-refractivity contribution in [2.75, 3.05) is 43.4 Å². The zero-order valence-corrected chi connectivity index (χ0v) is 12.3. The molecule has 0 spiro atoms. The van der Waals surface area contributed by atoms with E-state index in [-0.39, 0.29) is 5.75 Å². The third kappa shape index (κ3) is 3.13. The van der Waals surface area contributed by atoms with Crippen molar-refractivity contribution in [2.45, 2.75) is 12.3 Å². The number of benzene rings is 1. The summed E-state index contributed by atoms with van der Waals surface area (Å²) < 4.78 is 25.4. The van der Waals surface area contributed by atoms with Gasteiger partial charge >= 0.3 is 0 Å². The van der Waals surface area contributed by atoms with Gasteiger partial charge in [-0.1, -0.05) is 12.1 Å². The molecule has 110 valence electrons. The molecule has 2 fully saturated rings. The molecule has 2 heterocycles. The Morgan fingerprint density at radius 3 is 2.40 bits per heavy atom. The van der Waals surface area contributed by atoms with Crippen molar-refractivity contribution < 1.29 is 8.42 Å². The van der Waals surface area contributed by atoms with E-state index < -0.39 is 10.0 Å².